The second-order valence-electron chi connectivity index (χ2n) is 16.5. The summed E-state index contributed by atoms with van der Waals surface area (Å²) in [6.07, 6.45) is 3.38. The normalized spacial score (nSPS) is 16.1. The molecule has 0 radical (unpaired) electrons. The Morgan fingerprint density at radius 1 is 0.375 bits per heavy atom. The third-order valence-corrected chi connectivity index (χ3v) is 13.0. The number of anilines is 4. The van der Waals surface area contributed by atoms with Crippen LogP contribution in [0.5, 0.6) is 0 Å². The molecular formula is C48H32N4O12. The molecule has 64 heavy (non-hydrogen) atoms. The van der Waals surface area contributed by atoms with Crippen LogP contribution in [0.25, 0.3) is 43.1 Å². The molecule has 4 aliphatic heterocycles. The first kappa shape index (κ1) is 38.5. The molecule has 16 nitrogen and oxygen atoms in total. The van der Waals surface area contributed by atoms with Crippen LogP contribution in [0.3, 0.4) is 0 Å². The van der Waals surface area contributed by atoms with Gasteiger partial charge < -0.3 is 30.2 Å². The maximum absolute atomic E-state index is 14.9. The lowest BCUT2D eigenvalue weighted by Gasteiger charge is -2.33. The lowest BCUT2D eigenvalue weighted by molar-refractivity contribution is 0.0676. The van der Waals surface area contributed by atoms with Gasteiger partial charge in [0.25, 0.3) is 23.6 Å². The predicted octanol–water partition coefficient (Wildman–Crippen LogP) is 7.33. The predicted molar refractivity (Wildman–Crippen MR) is 234 cm³/mol. The van der Waals surface area contributed by atoms with E-state index in [0.717, 1.165) is 71.9 Å². The Labute approximate surface area is 360 Å². The van der Waals surface area contributed by atoms with Crippen molar-refractivity contribution in [3.05, 3.63) is 117 Å². The molecule has 4 amide bonds. The van der Waals surface area contributed by atoms with Crippen molar-refractivity contribution in [2.24, 2.45) is 0 Å². The molecule has 316 valence electrons. The van der Waals surface area contributed by atoms with Gasteiger partial charge in [-0.05, 0) is 97.1 Å². The topological polar surface area (TPSA) is 230 Å². The monoisotopic (exact) mass is 856 g/mol. The Balaban J connectivity index is 1.23. The maximum atomic E-state index is 14.9. The SMILES string of the molecule is O=C(O)c1cc(C(=O)O)cc(N2C(=O)c3ccc4c5c(N6CCCC6)cc6c7c(ccc(c8c(N9CCCC9)cc(c3c48)C2=O)c75)C(=O)N(c2cc(C(=O)O)cc(C(=O)O)c2)C6=O)c1. The summed E-state index contributed by atoms with van der Waals surface area (Å²) in [5.74, 6) is -8.89. The highest BCUT2D eigenvalue weighted by atomic mass is 16.4. The van der Waals surface area contributed by atoms with Crippen LogP contribution in [0.15, 0.2) is 72.8 Å². The number of aromatic carboxylic acids is 4. The Kier molecular flexibility index (Phi) is 8.15. The van der Waals surface area contributed by atoms with E-state index in [1.165, 1.54) is 0 Å². The fraction of sp³-hybridized carbons (Fsp3) is 0.167. The molecule has 4 N–H and O–H groups in total. The first-order valence-electron chi connectivity index (χ1n) is 20.5. The van der Waals surface area contributed by atoms with Gasteiger partial charge in [0.2, 0.25) is 0 Å². The maximum Gasteiger partial charge on any atom is 0.335 e. The van der Waals surface area contributed by atoms with Gasteiger partial charge in [-0.2, -0.15) is 0 Å². The summed E-state index contributed by atoms with van der Waals surface area (Å²) in [5, 5.41) is 44.0. The van der Waals surface area contributed by atoms with E-state index in [4.69, 9.17) is 0 Å². The van der Waals surface area contributed by atoms with Gasteiger partial charge in [-0.15, -0.1) is 0 Å². The average molecular weight is 857 g/mol. The minimum Gasteiger partial charge on any atom is -0.478 e. The average Bonchev–Trinajstić information content (AvgIpc) is 4.03. The fourth-order valence-corrected chi connectivity index (χ4v) is 10.3. The molecule has 11 rings (SSSR count). The van der Waals surface area contributed by atoms with Crippen LogP contribution in [0.1, 0.15) is 109 Å². The zero-order valence-corrected chi connectivity index (χ0v) is 33.4. The van der Waals surface area contributed by atoms with Gasteiger partial charge in [-0.25, -0.2) is 29.0 Å². The van der Waals surface area contributed by atoms with Crippen LogP contribution in [0.4, 0.5) is 22.7 Å². The minimum atomic E-state index is -1.44. The third-order valence-electron chi connectivity index (χ3n) is 13.0. The number of carboxylic acids is 4. The van der Waals surface area contributed by atoms with Crippen LogP contribution < -0.4 is 19.6 Å². The number of carbonyl (C=O) groups is 8. The van der Waals surface area contributed by atoms with E-state index in [1.807, 2.05) is 0 Å². The standard InChI is InChI=1S/C48H32N4O12/c53-41-29-8-6-28-38-34(50-11-3-4-12-50)20-32-36-30(42(54)52(44(32)56)26-17-23(47(61)62)14-24(18-26)48(63)64)7-5-27(40(36)38)37-33(49-9-1-2-10-49)19-31(35(29)39(28)37)43(55)51(41)25-15-21(45(57)58)13-22(16-25)46(59)60/h5-8,13-20H,1-4,9-12H2,(H,57,58)(H,59,60)(H,61,62)(H,63,64). The lowest BCUT2D eigenvalue weighted by Crippen LogP contribution is -2.41. The second kappa shape index (κ2) is 13.5. The van der Waals surface area contributed by atoms with Crippen molar-refractivity contribution in [2.45, 2.75) is 25.7 Å². The minimum absolute atomic E-state index is 0.127. The van der Waals surface area contributed by atoms with Crippen LogP contribution in [0.2, 0.25) is 0 Å². The number of carbonyl (C=O) groups excluding carboxylic acids is 4. The number of rotatable bonds is 8. The highest BCUT2D eigenvalue weighted by Gasteiger charge is 2.41. The number of hydrogen-bond donors (Lipinski definition) is 4. The summed E-state index contributed by atoms with van der Waals surface area (Å²) >= 11 is 0. The number of benzene rings is 7. The molecule has 2 fully saturated rings. The molecule has 2 saturated heterocycles. The fourth-order valence-electron chi connectivity index (χ4n) is 10.3. The van der Waals surface area contributed by atoms with E-state index in [0.29, 0.717) is 80.6 Å². The molecule has 0 saturated carbocycles. The molecule has 0 bridgehead atoms. The van der Waals surface area contributed by atoms with Gasteiger partial charge in [-0.3, -0.25) is 19.2 Å². The third kappa shape index (κ3) is 5.28. The quantitative estimate of drug-likeness (QED) is 0.0666. The Morgan fingerprint density at radius 2 is 0.688 bits per heavy atom. The number of imide groups is 2. The Bertz CT molecular complexity index is 3130. The highest BCUT2D eigenvalue weighted by molar-refractivity contribution is 6.47. The van der Waals surface area contributed by atoms with Crippen molar-refractivity contribution in [1.29, 1.82) is 0 Å². The van der Waals surface area contributed by atoms with E-state index in [-0.39, 0.29) is 33.6 Å². The smallest absolute Gasteiger partial charge is 0.335 e. The molecule has 16 heteroatoms. The molecule has 4 aliphatic rings. The van der Waals surface area contributed by atoms with Crippen LogP contribution in [-0.4, -0.2) is 94.1 Å². The molecule has 0 aliphatic carbocycles. The number of nitrogens with zero attached hydrogens (tertiary/aromatic N) is 4. The second-order valence-corrected chi connectivity index (χ2v) is 16.5. The molecule has 4 heterocycles. The summed E-state index contributed by atoms with van der Waals surface area (Å²) in [5.41, 5.74) is -0.255. The van der Waals surface area contributed by atoms with E-state index in [9.17, 15) is 58.8 Å². The van der Waals surface area contributed by atoms with E-state index >= 15 is 0 Å². The summed E-state index contributed by atoms with van der Waals surface area (Å²) in [6, 6.07) is 16.4. The molecule has 7 aromatic carbocycles. The van der Waals surface area contributed by atoms with Crippen LogP contribution in [-0.2, 0) is 0 Å². The van der Waals surface area contributed by atoms with Crippen molar-refractivity contribution in [3.8, 4) is 0 Å². The number of hydrogen-bond acceptors (Lipinski definition) is 10. The number of carboxylic acid groups (broad SMARTS) is 4. The van der Waals surface area contributed by atoms with Crippen molar-refractivity contribution in [2.75, 3.05) is 45.8 Å². The highest BCUT2D eigenvalue weighted by Crippen LogP contribution is 2.53. The van der Waals surface area contributed by atoms with Crippen molar-refractivity contribution < 1.29 is 58.8 Å². The molecule has 0 atom stereocenters. The zero-order chi connectivity index (χ0) is 44.6. The molecule has 0 unspecified atom stereocenters. The Morgan fingerprint density at radius 3 is 1.00 bits per heavy atom. The first-order chi connectivity index (χ1) is 30.7. The van der Waals surface area contributed by atoms with Crippen LogP contribution in [0, 0.1) is 0 Å². The van der Waals surface area contributed by atoms with E-state index in [2.05, 4.69) is 9.80 Å². The molecular weight excluding hydrogens is 825 g/mol. The van der Waals surface area contributed by atoms with Gasteiger partial charge in [0.05, 0.1) is 44.8 Å². The van der Waals surface area contributed by atoms with Crippen LogP contribution >= 0.6 is 0 Å². The van der Waals surface area contributed by atoms with Gasteiger partial charge in [0, 0.05) is 81.0 Å². The zero-order valence-electron chi connectivity index (χ0n) is 33.4. The Hall–Kier alpha value is -8.40. The van der Waals surface area contributed by atoms with Gasteiger partial charge in [0.1, 0.15) is 0 Å². The van der Waals surface area contributed by atoms with E-state index in [1.54, 1.807) is 36.4 Å². The largest absolute Gasteiger partial charge is 0.478 e. The summed E-state index contributed by atoms with van der Waals surface area (Å²) in [6.45, 7) is 2.50. The van der Waals surface area contributed by atoms with Crippen molar-refractivity contribution in [1.82, 2.24) is 0 Å². The summed E-state index contributed by atoms with van der Waals surface area (Å²) in [7, 11) is 0. The first-order valence-corrected chi connectivity index (χ1v) is 20.5. The number of amides is 4. The van der Waals surface area contributed by atoms with Gasteiger partial charge in [0.15, 0.2) is 0 Å². The van der Waals surface area contributed by atoms with Crippen molar-refractivity contribution in [3.63, 3.8) is 0 Å². The summed E-state index contributed by atoms with van der Waals surface area (Å²) in [4.78, 5) is 114. The molecule has 0 spiro atoms. The van der Waals surface area contributed by atoms with E-state index < -0.39 is 69.8 Å². The summed E-state index contributed by atoms with van der Waals surface area (Å²) < 4.78 is 0. The van der Waals surface area contributed by atoms with Gasteiger partial charge in [-0.1, -0.05) is 12.1 Å². The van der Waals surface area contributed by atoms with Gasteiger partial charge >= 0.3 is 23.9 Å². The number of fused-ring (bicyclic) bond motifs is 2. The lowest BCUT2D eigenvalue weighted by atomic mass is 9.80. The molecule has 0 aromatic heterocycles. The van der Waals surface area contributed by atoms with Crippen molar-refractivity contribution >= 4 is 113 Å². The molecule has 7 aromatic rings.